The van der Waals surface area contributed by atoms with Gasteiger partial charge in [-0.05, 0) is 30.3 Å². The number of benzene rings is 2. The van der Waals surface area contributed by atoms with E-state index in [2.05, 4.69) is 3.77 Å². The molecule has 0 spiro atoms. The number of thiophene rings is 1. The quantitative estimate of drug-likeness (QED) is 0.604. The molecule has 6 nitrogen and oxygen atoms in total. The zero-order chi connectivity index (χ0) is 19.7. The van der Waals surface area contributed by atoms with Gasteiger partial charge in [0, 0.05) is 16.5 Å². The van der Waals surface area contributed by atoms with Crippen LogP contribution in [0.5, 0.6) is 0 Å². The van der Waals surface area contributed by atoms with Crippen LogP contribution in [-0.4, -0.2) is 27.3 Å². The average Bonchev–Trinajstić information content (AvgIpc) is 3.14. The number of rotatable bonds is 5. The van der Waals surface area contributed by atoms with Crippen molar-refractivity contribution in [2.75, 3.05) is 6.26 Å². The van der Waals surface area contributed by atoms with E-state index >= 15 is 0 Å². The first-order valence-corrected chi connectivity index (χ1v) is 13.3. The van der Waals surface area contributed by atoms with E-state index in [1.807, 2.05) is 0 Å². The third-order valence-electron chi connectivity index (χ3n) is 3.59. The van der Waals surface area contributed by atoms with Gasteiger partial charge in [-0.3, -0.25) is 0 Å². The molecule has 2 aromatic carbocycles. The standard InChI is InChI=1S/C17H15NO5S4/c1-25(19,14-8-4-2-5-9-14)18-27(22,23)17-12-16(13-24-17)26(20,21)15-10-6-3-7-11-15/h2-13H,1H3. The molecule has 1 heterocycles. The second-order valence-electron chi connectivity index (χ2n) is 5.58. The molecule has 1 aromatic heterocycles. The Labute approximate surface area is 162 Å². The van der Waals surface area contributed by atoms with Crippen LogP contribution in [0.1, 0.15) is 0 Å². The minimum absolute atomic E-state index is 0.0623. The van der Waals surface area contributed by atoms with Crippen molar-refractivity contribution in [2.24, 2.45) is 3.77 Å². The summed E-state index contributed by atoms with van der Waals surface area (Å²) in [5.41, 5.74) is 0. The lowest BCUT2D eigenvalue weighted by molar-refractivity contribution is 0.596. The lowest BCUT2D eigenvalue weighted by atomic mass is 10.4. The molecule has 0 aliphatic heterocycles. The Bertz CT molecular complexity index is 1290. The first kappa shape index (κ1) is 19.7. The number of sulfonamides is 1. The first-order chi connectivity index (χ1) is 12.6. The molecule has 0 radical (unpaired) electrons. The van der Waals surface area contributed by atoms with Crippen molar-refractivity contribution in [1.29, 1.82) is 0 Å². The monoisotopic (exact) mass is 441 g/mol. The molecule has 3 aromatic rings. The maximum absolute atomic E-state index is 12.7. The summed E-state index contributed by atoms with van der Waals surface area (Å²) >= 11 is 0.727. The van der Waals surface area contributed by atoms with Crippen LogP contribution >= 0.6 is 11.3 Å². The molecule has 27 heavy (non-hydrogen) atoms. The van der Waals surface area contributed by atoms with E-state index in [0.717, 1.165) is 17.4 Å². The molecule has 0 bridgehead atoms. The highest BCUT2D eigenvalue weighted by Crippen LogP contribution is 2.30. The molecule has 0 amide bonds. The highest BCUT2D eigenvalue weighted by atomic mass is 32.3. The Balaban J connectivity index is 2.04. The SMILES string of the molecule is CS(=O)(=NS(=O)(=O)c1cc(S(=O)(=O)c2ccccc2)cs1)c1ccccc1. The van der Waals surface area contributed by atoms with Crippen molar-refractivity contribution in [1.82, 2.24) is 0 Å². The zero-order valence-electron chi connectivity index (χ0n) is 14.0. The molecule has 0 fully saturated rings. The predicted molar refractivity (Wildman–Crippen MR) is 105 cm³/mol. The lowest BCUT2D eigenvalue weighted by Crippen LogP contribution is -2.04. The van der Waals surface area contributed by atoms with Crippen molar-refractivity contribution in [2.45, 2.75) is 18.9 Å². The van der Waals surface area contributed by atoms with Gasteiger partial charge in [0.2, 0.25) is 9.84 Å². The molecule has 0 saturated carbocycles. The number of hydrogen-bond donors (Lipinski definition) is 0. The minimum Gasteiger partial charge on any atom is -0.244 e. The van der Waals surface area contributed by atoms with Crippen molar-refractivity contribution >= 4 is 40.9 Å². The molecular weight excluding hydrogens is 426 g/mol. The fraction of sp³-hybridized carbons (Fsp3) is 0.0588. The van der Waals surface area contributed by atoms with Gasteiger partial charge in [-0.15, -0.1) is 15.1 Å². The van der Waals surface area contributed by atoms with Crippen LogP contribution in [0.2, 0.25) is 0 Å². The van der Waals surface area contributed by atoms with Crippen LogP contribution in [0.15, 0.2) is 94.8 Å². The summed E-state index contributed by atoms with van der Waals surface area (Å²) in [7, 11) is -11.3. The van der Waals surface area contributed by atoms with Gasteiger partial charge in [0.05, 0.1) is 19.5 Å². The van der Waals surface area contributed by atoms with Gasteiger partial charge in [-0.2, -0.15) is 8.42 Å². The van der Waals surface area contributed by atoms with Crippen LogP contribution < -0.4 is 0 Å². The summed E-state index contributed by atoms with van der Waals surface area (Å²) in [5, 5.41) is 1.24. The van der Waals surface area contributed by atoms with Crippen LogP contribution in [0, 0.1) is 0 Å². The van der Waals surface area contributed by atoms with Gasteiger partial charge in [-0.25, -0.2) is 12.6 Å². The van der Waals surface area contributed by atoms with Crippen LogP contribution in [0.3, 0.4) is 0 Å². The van der Waals surface area contributed by atoms with Crippen LogP contribution in [0.25, 0.3) is 0 Å². The Kier molecular flexibility index (Phi) is 5.26. The van der Waals surface area contributed by atoms with E-state index in [4.69, 9.17) is 0 Å². The fourth-order valence-corrected chi connectivity index (χ4v) is 8.59. The van der Waals surface area contributed by atoms with Gasteiger partial charge in [-0.1, -0.05) is 36.4 Å². The summed E-state index contributed by atoms with van der Waals surface area (Å²) in [6.45, 7) is 0. The van der Waals surface area contributed by atoms with E-state index in [9.17, 15) is 21.0 Å². The van der Waals surface area contributed by atoms with Crippen molar-refractivity contribution < 1.29 is 21.0 Å². The molecule has 142 valence electrons. The van der Waals surface area contributed by atoms with Gasteiger partial charge >= 0.3 is 0 Å². The van der Waals surface area contributed by atoms with Gasteiger partial charge < -0.3 is 0 Å². The molecule has 0 aliphatic carbocycles. The predicted octanol–water partition coefficient (Wildman–Crippen LogP) is 3.43. The average molecular weight is 442 g/mol. The van der Waals surface area contributed by atoms with E-state index in [1.54, 1.807) is 36.4 Å². The maximum Gasteiger partial charge on any atom is 0.299 e. The third kappa shape index (κ3) is 4.13. The summed E-state index contributed by atoms with van der Waals surface area (Å²) in [6, 6.07) is 16.8. The van der Waals surface area contributed by atoms with Crippen LogP contribution in [0.4, 0.5) is 0 Å². The Morgan fingerprint density at radius 2 is 1.26 bits per heavy atom. The highest BCUT2D eigenvalue weighted by Gasteiger charge is 2.25. The van der Waals surface area contributed by atoms with E-state index in [1.165, 1.54) is 35.9 Å². The van der Waals surface area contributed by atoms with Crippen molar-refractivity contribution in [3.8, 4) is 0 Å². The molecule has 10 heteroatoms. The van der Waals surface area contributed by atoms with Gasteiger partial charge in [0.25, 0.3) is 10.0 Å². The minimum atomic E-state index is -4.28. The second kappa shape index (κ2) is 7.19. The molecule has 0 saturated heterocycles. The second-order valence-corrected chi connectivity index (χ2v) is 12.8. The largest absolute Gasteiger partial charge is 0.299 e. The topological polar surface area (TPSA) is 97.7 Å². The molecular formula is C17H15NO5S4. The first-order valence-electron chi connectivity index (χ1n) is 7.55. The number of hydrogen-bond acceptors (Lipinski definition) is 6. The highest BCUT2D eigenvalue weighted by molar-refractivity contribution is 8.03. The van der Waals surface area contributed by atoms with E-state index < -0.39 is 29.6 Å². The van der Waals surface area contributed by atoms with Crippen molar-refractivity contribution in [3.63, 3.8) is 0 Å². The van der Waals surface area contributed by atoms with Gasteiger partial charge in [0.15, 0.2) is 0 Å². The summed E-state index contributed by atoms with van der Waals surface area (Å²) in [4.78, 5) is 0.198. The fourth-order valence-electron chi connectivity index (χ4n) is 2.25. The molecule has 3 rings (SSSR count). The Morgan fingerprint density at radius 1 is 0.741 bits per heavy atom. The van der Waals surface area contributed by atoms with Gasteiger partial charge in [0.1, 0.15) is 4.21 Å². The van der Waals surface area contributed by atoms with E-state index in [-0.39, 0.29) is 18.9 Å². The molecule has 0 N–H and O–H groups in total. The third-order valence-corrected chi connectivity index (χ3v) is 10.8. The molecule has 0 aliphatic rings. The molecule has 1 atom stereocenters. The summed E-state index contributed by atoms with van der Waals surface area (Å²) in [5.74, 6) is 0. The number of sulfone groups is 1. The zero-order valence-corrected chi connectivity index (χ0v) is 17.3. The van der Waals surface area contributed by atoms with Crippen molar-refractivity contribution in [3.05, 3.63) is 72.1 Å². The summed E-state index contributed by atoms with van der Waals surface area (Å²) in [6.07, 6.45) is 1.23. The Morgan fingerprint density at radius 3 is 1.81 bits per heavy atom. The van der Waals surface area contributed by atoms with E-state index in [0.29, 0.717) is 0 Å². The Hall–Kier alpha value is -2.01. The number of nitrogens with zero attached hydrogens (tertiary/aromatic N) is 1. The normalized spacial score (nSPS) is 14.4. The van der Waals surface area contributed by atoms with Crippen LogP contribution in [-0.2, 0) is 29.6 Å². The maximum atomic E-state index is 12.7. The summed E-state index contributed by atoms with van der Waals surface area (Å²) < 4.78 is 66.4. The smallest absolute Gasteiger partial charge is 0.244 e. The lowest BCUT2D eigenvalue weighted by Gasteiger charge is -2.03. The molecule has 1 unspecified atom stereocenters.